The summed E-state index contributed by atoms with van der Waals surface area (Å²) in [4.78, 5) is 11.3. The molecule has 0 spiro atoms. The monoisotopic (exact) mass is 226 g/mol. The average molecular weight is 226 g/mol. The van der Waals surface area contributed by atoms with Crippen LogP contribution in [0.4, 0.5) is 0 Å². The number of rotatable bonds is 5. The van der Waals surface area contributed by atoms with Crippen LogP contribution in [0.15, 0.2) is 12.7 Å². The van der Waals surface area contributed by atoms with E-state index in [0.29, 0.717) is 0 Å². The van der Waals surface area contributed by atoms with Crippen LogP contribution in [0.1, 0.15) is 54.4 Å². The standard InChI is InChI=1S/C14H26O2/c1-8-10-14(7,13(4,5)6)11(3)16-12(15)9-2/h9,11H,2,8,10H2,1,3-7H3. The van der Waals surface area contributed by atoms with E-state index in [-0.39, 0.29) is 22.9 Å². The molecule has 0 heterocycles. The molecule has 0 amide bonds. The van der Waals surface area contributed by atoms with Crippen LogP contribution in [0.3, 0.4) is 0 Å². The van der Waals surface area contributed by atoms with Gasteiger partial charge in [0.05, 0.1) is 0 Å². The Morgan fingerprint density at radius 3 is 2.19 bits per heavy atom. The first-order valence-corrected chi connectivity index (χ1v) is 6.02. The summed E-state index contributed by atoms with van der Waals surface area (Å²) in [6.07, 6.45) is 3.26. The van der Waals surface area contributed by atoms with E-state index in [0.717, 1.165) is 12.8 Å². The molecule has 0 aromatic rings. The van der Waals surface area contributed by atoms with Gasteiger partial charge in [-0.3, -0.25) is 0 Å². The van der Waals surface area contributed by atoms with Gasteiger partial charge in [0.1, 0.15) is 6.10 Å². The highest BCUT2D eigenvalue weighted by Crippen LogP contribution is 2.46. The lowest BCUT2D eigenvalue weighted by Gasteiger charge is -2.45. The molecule has 2 nitrogen and oxygen atoms in total. The first kappa shape index (κ1) is 15.2. The summed E-state index contributed by atoms with van der Waals surface area (Å²) < 4.78 is 5.39. The van der Waals surface area contributed by atoms with E-state index in [1.807, 2.05) is 6.92 Å². The third kappa shape index (κ3) is 3.36. The fraction of sp³-hybridized carbons (Fsp3) is 0.786. The first-order valence-electron chi connectivity index (χ1n) is 6.02. The van der Waals surface area contributed by atoms with Gasteiger partial charge in [0.2, 0.25) is 0 Å². The molecule has 2 unspecified atom stereocenters. The van der Waals surface area contributed by atoms with Gasteiger partial charge < -0.3 is 4.74 Å². The van der Waals surface area contributed by atoms with Gasteiger partial charge in [-0.2, -0.15) is 0 Å². The Bertz CT molecular complexity index is 250. The minimum atomic E-state index is -0.334. The van der Waals surface area contributed by atoms with Gasteiger partial charge in [-0.05, 0) is 18.8 Å². The number of carbonyl (C=O) groups excluding carboxylic acids is 1. The summed E-state index contributed by atoms with van der Waals surface area (Å²) >= 11 is 0. The minimum absolute atomic E-state index is 0.0135. The second-order valence-corrected chi connectivity index (χ2v) is 5.70. The lowest BCUT2D eigenvalue weighted by Crippen LogP contribution is -2.44. The molecule has 0 aliphatic carbocycles. The van der Waals surface area contributed by atoms with Crippen LogP contribution in [0, 0.1) is 10.8 Å². The van der Waals surface area contributed by atoms with Crippen molar-refractivity contribution in [2.24, 2.45) is 10.8 Å². The number of ether oxygens (including phenoxy) is 1. The Labute approximate surface area is 100 Å². The Morgan fingerprint density at radius 2 is 1.88 bits per heavy atom. The highest BCUT2D eigenvalue weighted by molar-refractivity contribution is 5.81. The minimum Gasteiger partial charge on any atom is -0.459 e. The summed E-state index contributed by atoms with van der Waals surface area (Å²) in [6, 6.07) is 0. The maximum absolute atomic E-state index is 11.3. The first-order chi connectivity index (χ1) is 7.19. The highest BCUT2D eigenvalue weighted by Gasteiger charge is 2.43. The molecule has 2 atom stereocenters. The Kier molecular flexibility index (Phi) is 5.24. The van der Waals surface area contributed by atoms with Crippen molar-refractivity contribution in [1.82, 2.24) is 0 Å². The van der Waals surface area contributed by atoms with Crippen LogP contribution < -0.4 is 0 Å². The van der Waals surface area contributed by atoms with Crippen LogP contribution in [0.5, 0.6) is 0 Å². The van der Waals surface area contributed by atoms with E-state index in [2.05, 4.69) is 41.2 Å². The number of esters is 1. The van der Waals surface area contributed by atoms with E-state index in [1.54, 1.807) is 0 Å². The fourth-order valence-corrected chi connectivity index (χ4v) is 2.06. The molecule has 0 aromatic heterocycles. The van der Waals surface area contributed by atoms with Crippen molar-refractivity contribution in [1.29, 1.82) is 0 Å². The zero-order valence-electron chi connectivity index (χ0n) is 11.6. The van der Waals surface area contributed by atoms with Gasteiger partial charge in [0, 0.05) is 11.5 Å². The highest BCUT2D eigenvalue weighted by atomic mass is 16.5. The summed E-state index contributed by atoms with van der Waals surface area (Å²) in [7, 11) is 0. The predicted octanol–water partition coefficient (Wildman–Crippen LogP) is 3.96. The van der Waals surface area contributed by atoms with Gasteiger partial charge >= 0.3 is 5.97 Å². The van der Waals surface area contributed by atoms with Crippen LogP contribution in [-0.4, -0.2) is 12.1 Å². The summed E-state index contributed by atoms with van der Waals surface area (Å²) in [5.74, 6) is -0.334. The topological polar surface area (TPSA) is 26.3 Å². The van der Waals surface area contributed by atoms with Crippen molar-refractivity contribution in [2.75, 3.05) is 0 Å². The van der Waals surface area contributed by atoms with Crippen LogP contribution in [-0.2, 0) is 9.53 Å². The maximum Gasteiger partial charge on any atom is 0.330 e. The molecule has 0 saturated heterocycles. The second kappa shape index (κ2) is 5.51. The smallest absolute Gasteiger partial charge is 0.330 e. The third-order valence-electron chi connectivity index (χ3n) is 3.84. The molecule has 16 heavy (non-hydrogen) atoms. The molecular formula is C14H26O2. The number of carbonyl (C=O) groups is 1. The van der Waals surface area contributed by atoms with Crippen molar-refractivity contribution in [2.45, 2.75) is 60.5 Å². The Hall–Kier alpha value is -0.790. The van der Waals surface area contributed by atoms with Crippen LogP contribution in [0.25, 0.3) is 0 Å². The molecule has 0 fully saturated rings. The van der Waals surface area contributed by atoms with E-state index in [9.17, 15) is 4.79 Å². The molecule has 0 radical (unpaired) electrons. The van der Waals surface area contributed by atoms with Crippen molar-refractivity contribution in [3.63, 3.8) is 0 Å². The average Bonchev–Trinajstić information content (AvgIpc) is 2.15. The molecule has 0 bridgehead atoms. The zero-order valence-corrected chi connectivity index (χ0v) is 11.6. The number of hydrogen-bond donors (Lipinski definition) is 0. The molecule has 94 valence electrons. The molecule has 2 heteroatoms. The zero-order chi connectivity index (χ0) is 13.0. The van der Waals surface area contributed by atoms with Crippen LogP contribution in [0.2, 0.25) is 0 Å². The number of hydrogen-bond acceptors (Lipinski definition) is 2. The summed E-state index contributed by atoms with van der Waals surface area (Å²) in [6.45, 7) is 16.3. The Balaban J connectivity index is 4.90. The maximum atomic E-state index is 11.3. The van der Waals surface area contributed by atoms with E-state index >= 15 is 0 Å². The SMILES string of the molecule is C=CC(=O)OC(C)C(C)(CCC)C(C)(C)C. The molecule has 0 saturated carbocycles. The van der Waals surface area contributed by atoms with Crippen molar-refractivity contribution in [3.05, 3.63) is 12.7 Å². The van der Waals surface area contributed by atoms with Gasteiger partial charge in [-0.15, -0.1) is 0 Å². The summed E-state index contributed by atoms with van der Waals surface area (Å²) in [5.41, 5.74) is 0.0876. The molecule has 0 aromatic carbocycles. The van der Waals surface area contributed by atoms with E-state index < -0.39 is 0 Å². The lowest BCUT2D eigenvalue weighted by molar-refractivity contribution is -0.154. The normalized spacial score (nSPS) is 17.4. The van der Waals surface area contributed by atoms with Gasteiger partial charge in [0.25, 0.3) is 0 Å². The largest absolute Gasteiger partial charge is 0.459 e. The van der Waals surface area contributed by atoms with Gasteiger partial charge in [0.15, 0.2) is 0 Å². The lowest BCUT2D eigenvalue weighted by atomic mass is 9.62. The van der Waals surface area contributed by atoms with E-state index in [4.69, 9.17) is 4.74 Å². The molecule has 0 rings (SSSR count). The predicted molar refractivity (Wildman–Crippen MR) is 68.2 cm³/mol. The van der Waals surface area contributed by atoms with Crippen molar-refractivity contribution < 1.29 is 9.53 Å². The molecule has 0 aliphatic heterocycles. The molecular weight excluding hydrogens is 200 g/mol. The summed E-state index contributed by atoms with van der Waals surface area (Å²) in [5, 5.41) is 0. The molecule has 0 aliphatic rings. The van der Waals surface area contributed by atoms with Crippen molar-refractivity contribution in [3.8, 4) is 0 Å². The quantitative estimate of drug-likeness (QED) is 0.524. The van der Waals surface area contributed by atoms with E-state index in [1.165, 1.54) is 6.08 Å². The molecule has 0 N–H and O–H groups in total. The van der Waals surface area contributed by atoms with Crippen LogP contribution >= 0.6 is 0 Å². The van der Waals surface area contributed by atoms with Crippen molar-refractivity contribution >= 4 is 5.97 Å². The fourth-order valence-electron chi connectivity index (χ4n) is 2.06. The van der Waals surface area contributed by atoms with Gasteiger partial charge in [-0.1, -0.05) is 47.6 Å². The third-order valence-corrected chi connectivity index (χ3v) is 3.84. The second-order valence-electron chi connectivity index (χ2n) is 5.70. The van der Waals surface area contributed by atoms with Gasteiger partial charge in [-0.25, -0.2) is 4.79 Å². The Morgan fingerprint density at radius 1 is 1.38 bits per heavy atom.